The van der Waals surface area contributed by atoms with Gasteiger partial charge in [0.1, 0.15) is 0 Å². The summed E-state index contributed by atoms with van der Waals surface area (Å²) in [6.45, 7) is 2.33. The quantitative estimate of drug-likeness (QED) is 0.604. The third kappa shape index (κ3) is 2.08. The summed E-state index contributed by atoms with van der Waals surface area (Å²) in [7, 11) is 0. The van der Waals surface area contributed by atoms with Crippen molar-refractivity contribution in [3.05, 3.63) is 0 Å². The maximum atomic E-state index is 2.33. The van der Waals surface area contributed by atoms with Crippen molar-refractivity contribution in [3.63, 3.8) is 0 Å². The fraction of sp³-hybridized carbons (Fsp3) is 1.00. The van der Waals surface area contributed by atoms with Crippen LogP contribution in [0, 0.1) is 17.8 Å². The Balaban J connectivity index is 1.84. The molecule has 0 radical (unpaired) electrons. The van der Waals surface area contributed by atoms with Gasteiger partial charge in [-0.3, -0.25) is 0 Å². The molecule has 0 heteroatoms. The molecule has 0 bridgehead atoms. The zero-order chi connectivity index (χ0) is 9.10. The maximum Gasteiger partial charge on any atom is -0.0357 e. The molecular weight excluding hydrogens is 156 g/mol. The second-order valence-electron chi connectivity index (χ2n) is 5.19. The molecule has 0 aromatic carbocycles. The van der Waals surface area contributed by atoms with E-state index in [9.17, 15) is 0 Å². The van der Waals surface area contributed by atoms with Gasteiger partial charge in [0.15, 0.2) is 0 Å². The Bertz CT molecular complexity index is 150. The third-order valence-electron chi connectivity index (χ3n) is 4.41. The molecule has 13 heavy (non-hydrogen) atoms. The second-order valence-corrected chi connectivity index (χ2v) is 5.19. The molecule has 0 aromatic rings. The van der Waals surface area contributed by atoms with E-state index < -0.39 is 0 Å². The van der Waals surface area contributed by atoms with Crippen molar-refractivity contribution < 1.29 is 0 Å². The standard InChI is InChI=1S/C13H24/c1-2-3-6-11-9-10-12-7-4-5-8-13(11)12/h11-13H,2-10H2,1H3/t11-,12?,13?/m0/s1. The van der Waals surface area contributed by atoms with Crippen LogP contribution in [0.4, 0.5) is 0 Å². The summed E-state index contributed by atoms with van der Waals surface area (Å²) >= 11 is 0. The van der Waals surface area contributed by atoms with Crippen LogP contribution in [-0.2, 0) is 0 Å². The van der Waals surface area contributed by atoms with Crippen LogP contribution in [0.3, 0.4) is 0 Å². The largest absolute Gasteiger partial charge is 0.0654 e. The van der Waals surface area contributed by atoms with E-state index >= 15 is 0 Å². The lowest BCUT2D eigenvalue weighted by Crippen LogP contribution is -2.18. The number of fused-ring (bicyclic) bond motifs is 1. The minimum Gasteiger partial charge on any atom is -0.0654 e. The maximum absolute atomic E-state index is 2.33. The van der Waals surface area contributed by atoms with Crippen molar-refractivity contribution >= 4 is 0 Å². The van der Waals surface area contributed by atoms with Gasteiger partial charge in [0, 0.05) is 0 Å². The lowest BCUT2D eigenvalue weighted by Gasteiger charge is -2.29. The van der Waals surface area contributed by atoms with Gasteiger partial charge in [-0.25, -0.2) is 0 Å². The summed E-state index contributed by atoms with van der Waals surface area (Å²) < 4.78 is 0. The molecule has 3 atom stereocenters. The Kier molecular flexibility index (Phi) is 3.29. The van der Waals surface area contributed by atoms with Crippen LogP contribution in [0.2, 0.25) is 0 Å². The van der Waals surface area contributed by atoms with E-state index in [1.54, 1.807) is 25.7 Å². The molecule has 2 rings (SSSR count). The van der Waals surface area contributed by atoms with Crippen LogP contribution in [-0.4, -0.2) is 0 Å². The Labute approximate surface area is 83.1 Å². The predicted octanol–water partition coefficient (Wildman–Crippen LogP) is 4.39. The monoisotopic (exact) mass is 180 g/mol. The fourth-order valence-corrected chi connectivity index (χ4v) is 3.68. The first-order valence-corrected chi connectivity index (χ1v) is 6.42. The lowest BCUT2D eigenvalue weighted by atomic mass is 9.77. The fourth-order valence-electron chi connectivity index (χ4n) is 3.68. The van der Waals surface area contributed by atoms with Gasteiger partial charge in [0.05, 0.1) is 0 Å². The summed E-state index contributed by atoms with van der Waals surface area (Å²) in [6.07, 6.45) is 13.7. The SMILES string of the molecule is CCCC[C@H]1CCC2CCCCC21. The van der Waals surface area contributed by atoms with E-state index in [-0.39, 0.29) is 0 Å². The normalized spacial score (nSPS) is 39.0. The zero-order valence-electron chi connectivity index (χ0n) is 9.10. The highest BCUT2D eigenvalue weighted by Crippen LogP contribution is 2.47. The van der Waals surface area contributed by atoms with Crippen LogP contribution < -0.4 is 0 Å². The van der Waals surface area contributed by atoms with Crippen LogP contribution in [0.25, 0.3) is 0 Å². The van der Waals surface area contributed by atoms with Gasteiger partial charge in [-0.1, -0.05) is 45.4 Å². The van der Waals surface area contributed by atoms with Crippen molar-refractivity contribution in [3.8, 4) is 0 Å². The second kappa shape index (κ2) is 4.48. The van der Waals surface area contributed by atoms with E-state index in [4.69, 9.17) is 0 Å². The molecule has 0 saturated heterocycles. The molecule has 2 saturated carbocycles. The molecule has 2 unspecified atom stereocenters. The van der Waals surface area contributed by atoms with Crippen LogP contribution in [0.1, 0.15) is 64.7 Å². The zero-order valence-corrected chi connectivity index (χ0v) is 9.10. The summed E-state index contributed by atoms with van der Waals surface area (Å²) in [5.74, 6) is 3.43. The topological polar surface area (TPSA) is 0 Å². The molecule has 2 aliphatic rings. The number of rotatable bonds is 3. The molecule has 0 nitrogen and oxygen atoms in total. The summed E-state index contributed by atoms with van der Waals surface area (Å²) in [5.41, 5.74) is 0. The van der Waals surface area contributed by atoms with Crippen molar-refractivity contribution in [2.45, 2.75) is 64.7 Å². The molecule has 76 valence electrons. The molecule has 0 heterocycles. The smallest absolute Gasteiger partial charge is 0.0357 e. The van der Waals surface area contributed by atoms with E-state index in [0.717, 1.165) is 17.8 Å². The van der Waals surface area contributed by atoms with Crippen molar-refractivity contribution in [2.24, 2.45) is 17.8 Å². The summed E-state index contributed by atoms with van der Waals surface area (Å²) in [6, 6.07) is 0. The lowest BCUT2D eigenvalue weighted by molar-refractivity contribution is 0.218. The number of unbranched alkanes of at least 4 members (excludes halogenated alkanes) is 1. The van der Waals surface area contributed by atoms with Crippen molar-refractivity contribution in [1.82, 2.24) is 0 Å². The average molecular weight is 180 g/mol. The highest BCUT2D eigenvalue weighted by atomic mass is 14.4. The number of hydrogen-bond donors (Lipinski definition) is 0. The van der Waals surface area contributed by atoms with Gasteiger partial charge >= 0.3 is 0 Å². The van der Waals surface area contributed by atoms with Gasteiger partial charge in [-0.05, 0) is 37.0 Å². The van der Waals surface area contributed by atoms with Crippen LogP contribution >= 0.6 is 0 Å². The highest BCUT2D eigenvalue weighted by molar-refractivity contribution is 4.87. The third-order valence-corrected chi connectivity index (χ3v) is 4.41. The van der Waals surface area contributed by atoms with Gasteiger partial charge in [0.2, 0.25) is 0 Å². The first-order valence-electron chi connectivity index (χ1n) is 6.42. The van der Waals surface area contributed by atoms with Gasteiger partial charge in [0.25, 0.3) is 0 Å². The molecule has 0 N–H and O–H groups in total. The Morgan fingerprint density at radius 1 is 1.00 bits per heavy atom. The molecule has 0 amide bonds. The van der Waals surface area contributed by atoms with Crippen LogP contribution in [0.5, 0.6) is 0 Å². The molecule has 2 aliphatic carbocycles. The Morgan fingerprint density at radius 3 is 2.69 bits per heavy atom. The highest BCUT2D eigenvalue weighted by Gasteiger charge is 2.36. The van der Waals surface area contributed by atoms with Crippen molar-refractivity contribution in [2.75, 3.05) is 0 Å². The summed E-state index contributed by atoms with van der Waals surface area (Å²) in [4.78, 5) is 0. The van der Waals surface area contributed by atoms with Gasteiger partial charge in [-0.15, -0.1) is 0 Å². The minimum absolute atomic E-state index is 1.13. The first kappa shape index (κ1) is 9.55. The molecule has 2 fully saturated rings. The Morgan fingerprint density at radius 2 is 1.85 bits per heavy atom. The number of hydrogen-bond acceptors (Lipinski definition) is 0. The first-order chi connectivity index (χ1) is 6.42. The van der Waals surface area contributed by atoms with E-state index in [0.29, 0.717) is 0 Å². The molecule has 0 spiro atoms. The molecule has 0 aliphatic heterocycles. The molecular formula is C13H24. The van der Waals surface area contributed by atoms with Gasteiger partial charge < -0.3 is 0 Å². The van der Waals surface area contributed by atoms with Crippen LogP contribution in [0.15, 0.2) is 0 Å². The Hall–Kier alpha value is 0. The predicted molar refractivity (Wildman–Crippen MR) is 57.7 cm³/mol. The van der Waals surface area contributed by atoms with E-state index in [1.165, 1.54) is 32.1 Å². The average Bonchev–Trinajstić information content (AvgIpc) is 2.58. The van der Waals surface area contributed by atoms with Gasteiger partial charge in [-0.2, -0.15) is 0 Å². The van der Waals surface area contributed by atoms with E-state index in [2.05, 4.69) is 6.92 Å². The molecule has 0 aromatic heterocycles. The van der Waals surface area contributed by atoms with Crippen molar-refractivity contribution in [1.29, 1.82) is 0 Å². The summed E-state index contributed by atoms with van der Waals surface area (Å²) in [5, 5.41) is 0. The minimum atomic E-state index is 1.13. The van der Waals surface area contributed by atoms with E-state index in [1.807, 2.05) is 0 Å².